The van der Waals surface area contributed by atoms with Crippen LogP contribution in [0.2, 0.25) is 0 Å². The van der Waals surface area contributed by atoms with Gasteiger partial charge in [0.15, 0.2) is 11.6 Å². The lowest BCUT2D eigenvalue weighted by atomic mass is 9.96. The van der Waals surface area contributed by atoms with Crippen molar-refractivity contribution in [1.29, 1.82) is 0 Å². The minimum absolute atomic E-state index is 0.00147. The smallest absolute Gasteiger partial charge is 0.174 e. The van der Waals surface area contributed by atoms with Crippen molar-refractivity contribution in [3.05, 3.63) is 41.6 Å². The van der Waals surface area contributed by atoms with Crippen LogP contribution in [0.25, 0.3) is 23.0 Å². The van der Waals surface area contributed by atoms with Gasteiger partial charge in [-0.3, -0.25) is 0 Å². The van der Waals surface area contributed by atoms with Gasteiger partial charge in [-0.05, 0) is 55.2 Å². The second-order valence-electron chi connectivity index (χ2n) is 7.40. The number of aryl methyl sites for hydroxylation is 1. The van der Waals surface area contributed by atoms with Gasteiger partial charge in [-0.15, -0.1) is 25.2 Å². The highest BCUT2D eigenvalue weighted by molar-refractivity contribution is 5.68. The molecule has 10 heteroatoms. The number of phenolic OH excluding ortho intramolecular Hbond substituents is 1. The summed E-state index contributed by atoms with van der Waals surface area (Å²) in [5.41, 5.74) is 2.19. The molecule has 2 N–H and O–H groups in total. The molecule has 5 rings (SSSR count). The van der Waals surface area contributed by atoms with E-state index in [9.17, 15) is 9.50 Å². The summed E-state index contributed by atoms with van der Waals surface area (Å²) in [5, 5.41) is 33.8. The Morgan fingerprint density at radius 3 is 2.86 bits per heavy atom. The van der Waals surface area contributed by atoms with Crippen molar-refractivity contribution < 1.29 is 9.50 Å². The van der Waals surface area contributed by atoms with Gasteiger partial charge in [-0.1, -0.05) is 0 Å². The molecule has 2 bridgehead atoms. The standard InChI is InChI=1S/C19H19FN8O/c1-10-23-27-28(26-10)13-3-4-14(17(29)8-13)16-9-21-18(25-24-16)7-11-6-12-2-5-15(22-12)19(11)20/h3-4,7-9,12,15,19,22,29H,2,5-6H2,1H3/b11-7+/t12?,15?,19-/m0/s1. The Kier molecular flexibility index (Phi) is 4.27. The maximum Gasteiger partial charge on any atom is 0.174 e. The van der Waals surface area contributed by atoms with Crippen LogP contribution in [-0.2, 0) is 0 Å². The maximum atomic E-state index is 14.5. The van der Waals surface area contributed by atoms with Gasteiger partial charge in [0.1, 0.15) is 17.6 Å². The van der Waals surface area contributed by atoms with Crippen molar-refractivity contribution in [3.8, 4) is 22.7 Å². The molecule has 0 radical (unpaired) electrons. The van der Waals surface area contributed by atoms with Gasteiger partial charge >= 0.3 is 0 Å². The number of alkyl halides is 1. The van der Waals surface area contributed by atoms with E-state index in [0.717, 1.165) is 12.8 Å². The molecule has 148 valence electrons. The lowest BCUT2D eigenvalue weighted by molar-refractivity contribution is 0.270. The molecule has 2 aromatic heterocycles. The molecule has 0 aliphatic carbocycles. The summed E-state index contributed by atoms with van der Waals surface area (Å²) in [7, 11) is 0. The van der Waals surface area contributed by atoms with Crippen molar-refractivity contribution in [3.63, 3.8) is 0 Å². The summed E-state index contributed by atoms with van der Waals surface area (Å²) in [6.45, 7) is 1.73. The zero-order valence-electron chi connectivity index (χ0n) is 15.7. The first-order chi connectivity index (χ1) is 14.1. The number of aromatic hydroxyl groups is 1. The molecule has 0 saturated carbocycles. The summed E-state index contributed by atoms with van der Waals surface area (Å²) >= 11 is 0. The van der Waals surface area contributed by atoms with Crippen LogP contribution in [0.15, 0.2) is 30.0 Å². The number of piperidine rings is 1. The first kappa shape index (κ1) is 17.8. The summed E-state index contributed by atoms with van der Waals surface area (Å²) in [6.07, 6.45) is 4.73. The Hall–Kier alpha value is -3.27. The molecule has 2 saturated heterocycles. The number of phenols is 1. The molecule has 3 aromatic rings. The Morgan fingerprint density at radius 1 is 1.24 bits per heavy atom. The van der Waals surface area contributed by atoms with Gasteiger partial charge < -0.3 is 10.4 Å². The average Bonchev–Trinajstić information content (AvgIpc) is 3.33. The van der Waals surface area contributed by atoms with E-state index in [1.165, 1.54) is 17.1 Å². The van der Waals surface area contributed by atoms with Gasteiger partial charge in [0.25, 0.3) is 0 Å². The number of rotatable bonds is 3. The third-order valence-electron chi connectivity index (χ3n) is 5.36. The van der Waals surface area contributed by atoms with E-state index < -0.39 is 6.17 Å². The Balaban J connectivity index is 1.38. The number of nitrogens with zero attached hydrogens (tertiary/aromatic N) is 7. The number of halogens is 1. The largest absolute Gasteiger partial charge is 0.507 e. The van der Waals surface area contributed by atoms with Crippen molar-refractivity contribution in [2.75, 3.05) is 0 Å². The minimum Gasteiger partial charge on any atom is -0.507 e. The SMILES string of the molecule is Cc1nnn(-c2ccc(-c3cnc(/C=C4\CC5CCC(N5)[C@H]4F)nn3)c(O)c2)n1. The van der Waals surface area contributed by atoms with E-state index in [2.05, 4.69) is 35.9 Å². The Morgan fingerprint density at radius 2 is 2.14 bits per heavy atom. The quantitative estimate of drug-likeness (QED) is 0.691. The zero-order valence-corrected chi connectivity index (χ0v) is 15.7. The monoisotopic (exact) mass is 394 g/mol. The number of tetrazole rings is 1. The van der Waals surface area contributed by atoms with E-state index in [1.807, 2.05) is 0 Å². The van der Waals surface area contributed by atoms with E-state index in [4.69, 9.17) is 0 Å². The first-order valence-electron chi connectivity index (χ1n) is 9.47. The van der Waals surface area contributed by atoms with Crippen LogP contribution >= 0.6 is 0 Å². The minimum atomic E-state index is -1.01. The molecule has 0 spiro atoms. The molecule has 4 heterocycles. The van der Waals surface area contributed by atoms with Crippen LogP contribution in [0.4, 0.5) is 4.39 Å². The maximum absolute atomic E-state index is 14.5. The number of fused-ring (bicyclic) bond motifs is 2. The molecule has 2 aliphatic rings. The average molecular weight is 394 g/mol. The number of aromatic nitrogens is 7. The number of hydrogen-bond donors (Lipinski definition) is 2. The normalized spacial score (nSPS) is 24.9. The highest BCUT2D eigenvalue weighted by atomic mass is 19.1. The fourth-order valence-corrected chi connectivity index (χ4v) is 3.93. The fraction of sp³-hybridized carbons (Fsp3) is 0.368. The van der Waals surface area contributed by atoms with E-state index >= 15 is 0 Å². The molecule has 0 amide bonds. The third kappa shape index (κ3) is 3.35. The van der Waals surface area contributed by atoms with Crippen molar-refractivity contribution in [2.24, 2.45) is 0 Å². The summed E-state index contributed by atoms with van der Waals surface area (Å²) in [6, 6.07) is 5.18. The van der Waals surface area contributed by atoms with Gasteiger partial charge in [-0.25, -0.2) is 9.37 Å². The Bertz CT molecular complexity index is 1080. The predicted molar refractivity (Wildman–Crippen MR) is 102 cm³/mol. The van der Waals surface area contributed by atoms with Crippen LogP contribution < -0.4 is 5.32 Å². The lowest BCUT2D eigenvalue weighted by Crippen LogP contribution is -2.42. The molecule has 2 aliphatic heterocycles. The lowest BCUT2D eigenvalue weighted by Gasteiger charge is -2.27. The second kappa shape index (κ2) is 6.96. The second-order valence-corrected chi connectivity index (χ2v) is 7.40. The van der Waals surface area contributed by atoms with Crippen molar-refractivity contribution in [1.82, 2.24) is 40.7 Å². The van der Waals surface area contributed by atoms with E-state index in [-0.39, 0.29) is 11.8 Å². The molecule has 2 unspecified atom stereocenters. The van der Waals surface area contributed by atoms with E-state index in [0.29, 0.717) is 46.6 Å². The molecule has 9 nitrogen and oxygen atoms in total. The number of nitrogens with one attached hydrogen (secondary N) is 1. The van der Waals surface area contributed by atoms with E-state index in [1.54, 1.807) is 25.1 Å². The van der Waals surface area contributed by atoms with Gasteiger partial charge in [0.05, 0.1) is 11.9 Å². The number of hydrogen-bond acceptors (Lipinski definition) is 8. The molecular weight excluding hydrogens is 375 g/mol. The topological polar surface area (TPSA) is 115 Å². The highest BCUT2D eigenvalue weighted by Crippen LogP contribution is 2.34. The van der Waals surface area contributed by atoms with Gasteiger partial charge in [-0.2, -0.15) is 0 Å². The highest BCUT2D eigenvalue weighted by Gasteiger charge is 2.38. The van der Waals surface area contributed by atoms with Crippen LogP contribution in [0, 0.1) is 6.92 Å². The van der Waals surface area contributed by atoms with Crippen molar-refractivity contribution >= 4 is 6.08 Å². The first-order valence-corrected chi connectivity index (χ1v) is 9.47. The summed E-state index contributed by atoms with van der Waals surface area (Å²) in [5.74, 6) is 0.898. The summed E-state index contributed by atoms with van der Waals surface area (Å²) < 4.78 is 14.5. The van der Waals surface area contributed by atoms with Crippen LogP contribution in [0.3, 0.4) is 0 Å². The molecule has 29 heavy (non-hydrogen) atoms. The van der Waals surface area contributed by atoms with Crippen LogP contribution in [0.1, 0.15) is 30.9 Å². The Labute approximate surface area is 165 Å². The van der Waals surface area contributed by atoms with Gasteiger partial charge in [0.2, 0.25) is 0 Å². The van der Waals surface area contributed by atoms with Crippen LogP contribution in [0.5, 0.6) is 5.75 Å². The zero-order chi connectivity index (χ0) is 20.0. The molecule has 1 aromatic carbocycles. The molecule has 2 fully saturated rings. The summed E-state index contributed by atoms with van der Waals surface area (Å²) in [4.78, 5) is 5.62. The van der Waals surface area contributed by atoms with Gasteiger partial charge in [0, 0.05) is 23.7 Å². The fourth-order valence-electron chi connectivity index (χ4n) is 3.93. The molecule has 3 atom stereocenters. The predicted octanol–water partition coefficient (Wildman–Crippen LogP) is 1.77. The van der Waals surface area contributed by atoms with Crippen molar-refractivity contribution in [2.45, 2.75) is 44.4 Å². The third-order valence-corrected chi connectivity index (χ3v) is 5.36. The van der Waals surface area contributed by atoms with Crippen LogP contribution in [-0.4, -0.2) is 58.8 Å². The number of benzene rings is 1. The molecular formula is C19H19FN8O.